The molecule has 1 rings (SSSR count). The normalized spacial score (nSPS) is 26.3. The predicted octanol–water partition coefficient (Wildman–Crippen LogP) is -3.22. The van der Waals surface area contributed by atoms with Crippen LogP contribution in [0.1, 0.15) is 19.3 Å². The van der Waals surface area contributed by atoms with Crippen molar-refractivity contribution in [3.8, 4) is 0 Å². The Bertz CT molecular complexity index is 112. The van der Waals surface area contributed by atoms with Gasteiger partial charge >= 0.3 is 18.9 Å². The maximum Gasteiger partial charge on any atom is 1.00 e. The first-order valence-corrected chi connectivity index (χ1v) is 2.86. The number of allylic oxidation sites excluding steroid dienone is 1. The number of hydrogen-bond donors (Lipinski definition) is 1. The summed E-state index contributed by atoms with van der Waals surface area (Å²) in [6.07, 6.45) is 3.32. The molecular weight excluding hydrogens is 111 g/mol. The zero-order chi connectivity index (χ0) is 5.98. The molecule has 1 N–H and O–H groups in total. The van der Waals surface area contributed by atoms with Crippen LogP contribution >= 0.6 is 0 Å². The van der Waals surface area contributed by atoms with Gasteiger partial charge < -0.3 is 10.2 Å². The van der Waals surface area contributed by atoms with Gasteiger partial charge in [0.2, 0.25) is 0 Å². The van der Waals surface area contributed by atoms with E-state index >= 15 is 0 Å². The summed E-state index contributed by atoms with van der Waals surface area (Å²) in [5.74, 6) is -0.101. The van der Waals surface area contributed by atoms with E-state index in [9.17, 15) is 5.11 Å². The first kappa shape index (κ1) is 9.10. The van der Waals surface area contributed by atoms with Crippen molar-refractivity contribution in [1.29, 1.82) is 0 Å². The molecule has 0 saturated heterocycles. The molecule has 1 aliphatic carbocycles. The Balaban J connectivity index is 0.000000640. The molecule has 0 amide bonds. The standard InChI is InChI=1S/C6H10O2.Li/c7-5-3-1-2-4-6(5)8;/h3,6-8H,1-2,4H2;/q;+1/p-1. The molecule has 9 heavy (non-hydrogen) atoms. The summed E-state index contributed by atoms with van der Waals surface area (Å²) < 4.78 is 0. The second kappa shape index (κ2) is 4.00. The molecule has 0 aromatic carbocycles. The molecule has 0 aromatic rings. The Labute approximate surface area is 66.8 Å². The summed E-state index contributed by atoms with van der Waals surface area (Å²) in [4.78, 5) is 0. The van der Waals surface area contributed by atoms with Gasteiger partial charge in [0, 0.05) is 0 Å². The average molecular weight is 120 g/mol. The average Bonchev–Trinajstić information content (AvgIpc) is 1.77. The maximum absolute atomic E-state index is 10.5. The van der Waals surface area contributed by atoms with Crippen LogP contribution in [0.25, 0.3) is 0 Å². The van der Waals surface area contributed by atoms with Crippen molar-refractivity contribution in [2.45, 2.75) is 25.4 Å². The van der Waals surface area contributed by atoms with E-state index in [4.69, 9.17) is 5.11 Å². The van der Waals surface area contributed by atoms with Crippen LogP contribution in [0, 0.1) is 0 Å². The fourth-order valence-corrected chi connectivity index (χ4v) is 0.834. The third-order valence-electron chi connectivity index (χ3n) is 1.36. The molecule has 3 heteroatoms. The summed E-state index contributed by atoms with van der Waals surface area (Å²) >= 11 is 0. The van der Waals surface area contributed by atoms with Gasteiger partial charge in [0.05, 0.1) is 6.10 Å². The van der Waals surface area contributed by atoms with Crippen molar-refractivity contribution >= 4 is 0 Å². The van der Waals surface area contributed by atoms with Gasteiger partial charge in [-0.2, -0.15) is 0 Å². The predicted molar refractivity (Wildman–Crippen MR) is 27.9 cm³/mol. The number of aliphatic hydroxyl groups excluding tert-OH is 1. The van der Waals surface area contributed by atoms with Crippen LogP contribution < -0.4 is 24.0 Å². The zero-order valence-electron chi connectivity index (χ0n) is 5.63. The monoisotopic (exact) mass is 120 g/mol. The van der Waals surface area contributed by atoms with E-state index < -0.39 is 6.10 Å². The fraction of sp³-hybridized carbons (Fsp3) is 0.667. The molecular formula is C6H9LiO2. The molecule has 0 bridgehead atoms. The number of hydrogen-bond acceptors (Lipinski definition) is 2. The summed E-state index contributed by atoms with van der Waals surface area (Å²) in [6.45, 7) is 0. The van der Waals surface area contributed by atoms with E-state index in [1.165, 1.54) is 0 Å². The first-order chi connectivity index (χ1) is 3.80. The van der Waals surface area contributed by atoms with Gasteiger partial charge in [0.1, 0.15) is 0 Å². The molecule has 0 aliphatic heterocycles. The molecule has 1 atom stereocenters. The quantitative estimate of drug-likeness (QED) is 0.342. The summed E-state index contributed by atoms with van der Waals surface area (Å²) in [5, 5.41) is 19.3. The minimum absolute atomic E-state index is 0. The van der Waals surface area contributed by atoms with E-state index in [2.05, 4.69) is 0 Å². The molecule has 0 saturated carbocycles. The van der Waals surface area contributed by atoms with Crippen LogP contribution in [0.4, 0.5) is 0 Å². The van der Waals surface area contributed by atoms with Crippen LogP contribution in [0.3, 0.4) is 0 Å². The van der Waals surface area contributed by atoms with Crippen molar-refractivity contribution in [2.24, 2.45) is 0 Å². The molecule has 0 spiro atoms. The van der Waals surface area contributed by atoms with Crippen LogP contribution in [-0.2, 0) is 0 Å². The summed E-state index contributed by atoms with van der Waals surface area (Å²) in [7, 11) is 0. The second-order valence-corrected chi connectivity index (χ2v) is 2.05. The Morgan fingerprint density at radius 1 is 1.67 bits per heavy atom. The van der Waals surface area contributed by atoms with Gasteiger partial charge in [-0.1, -0.05) is 6.08 Å². The summed E-state index contributed by atoms with van der Waals surface area (Å²) in [6, 6.07) is 0. The van der Waals surface area contributed by atoms with Crippen LogP contribution in [0.2, 0.25) is 0 Å². The van der Waals surface area contributed by atoms with Crippen LogP contribution in [0.5, 0.6) is 0 Å². The first-order valence-electron chi connectivity index (χ1n) is 2.86. The zero-order valence-corrected chi connectivity index (χ0v) is 5.63. The Morgan fingerprint density at radius 3 is 2.67 bits per heavy atom. The van der Waals surface area contributed by atoms with E-state index in [1.807, 2.05) is 0 Å². The van der Waals surface area contributed by atoms with Gasteiger partial charge in [0.15, 0.2) is 0 Å². The molecule has 46 valence electrons. The van der Waals surface area contributed by atoms with Crippen molar-refractivity contribution in [3.63, 3.8) is 0 Å². The molecule has 1 unspecified atom stereocenters. The molecule has 1 aliphatic rings. The Kier molecular flexibility index (Phi) is 4.04. The summed E-state index contributed by atoms with van der Waals surface area (Å²) in [5.41, 5.74) is 0. The SMILES string of the molecule is [Li+].[O-]C1=CCCCC1O. The van der Waals surface area contributed by atoms with E-state index in [-0.39, 0.29) is 24.6 Å². The second-order valence-electron chi connectivity index (χ2n) is 2.05. The third kappa shape index (κ3) is 2.44. The molecule has 0 heterocycles. The molecule has 2 nitrogen and oxygen atoms in total. The topological polar surface area (TPSA) is 43.3 Å². The fourth-order valence-electron chi connectivity index (χ4n) is 0.834. The molecule has 0 fully saturated rings. The van der Waals surface area contributed by atoms with Crippen molar-refractivity contribution in [1.82, 2.24) is 0 Å². The van der Waals surface area contributed by atoms with Crippen molar-refractivity contribution < 1.29 is 29.1 Å². The van der Waals surface area contributed by atoms with Crippen LogP contribution in [-0.4, -0.2) is 11.2 Å². The Morgan fingerprint density at radius 2 is 2.33 bits per heavy atom. The van der Waals surface area contributed by atoms with E-state index in [1.54, 1.807) is 6.08 Å². The van der Waals surface area contributed by atoms with Crippen molar-refractivity contribution in [2.75, 3.05) is 0 Å². The minimum Gasteiger partial charge on any atom is -0.874 e. The van der Waals surface area contributed by atoms with Gasteiger partial charge in [-0.3, -0.25) is 0 Å². The smallest absolute Gasteiger partial charge is 0.874 e. The van der Waals surface area contributed by atoms with E-state index in [0.717, 1.165) is 12.8 Å². The minimum atomic E-state index is -0.691. The number of aliphatic hydroxyl groups is 1. The Hall–Kier alpha value is 0.0974. The third-order valence-corrected chi connectivity index (χ3v) is 1.36. The van der Waals surface area contributed by atoms with Gasteiger partial charge in [-0.15, -0.1) is 5.76 Å². The molecule has 0 radical (unpaired) electrons. The maximum atomic E-state index is 10.5. The van der Waals surface area contributed by atoms with Crippen molar-refractivity contribution in [3.05, 3.63) is 11.8 Å². The van der Waals surface area contributed by atoms with E-state index in [0.29, 0.717) is 6.42 Å². The van der Waals surface area contributed by atoms with Gasteiger partial charge in [-0.25, -0.2) is 0 Å². The number of rotatable bonds is 0. The largest absolute Gasteiger partial charge is 1.00 e. The molecule has 0 aromatic heterocycles. The van der Waals surface area contributed by atoms with Crippen LogP contribution in [0.15, 0.2) is 11.8 Å². The van der Waals surface area contributed by atoms with Gasteiger partial charge in [0.25, 0.3) is 0 Å². The van der Waals surface area contributed by atoms with Gasteiger partial charge in [-0.05, 0) is 19.3 Å².